The molecule has 0 aliphatic rings. The highest BCUT2D eigenvalue weighted by Gasteiger charge is 2.20. The normalized spacial score (nSPS) is 13.1. The molecule has 2 aromatic rings. The monoisotopic (exact) mass is 276 g/mol. The largest absolute Gasteiger partial charge is 0.469 e. The second-order valence-electron chi connectivity index (χ2n) is 5.18. The van der Waals surface area contributed by atoms with E-state index in [2.05, 4.69) is 28.4 Å². The van der Waals surface area contributed by atoms with Crippen LogP contribution in [0.15, 0.2) is 29.3 Å². The van der Waals surface area contributed by atoms with Crippen molar-refractivity contribution in [2.24, 2.45) is 5.73 Å². The number of aryl methyl sites for hydroxylation is 2. The molecule has 2 heterocycles. The lowest BCUT2D eigenvalue weighted by molar-refractivity contribution is 0.230. The van der Waals surface area contributed by atoms with Gasteiger partial charge < -0.3 is 14.7 Å². The van der Waals surface area contributed by atoms with E-state index < -0.39 is 0 Å². The van der Waals surface area contributed by atoms with Crippen molar-refractivity contribution in [2.75, 3.05) is 13.6 Å². The zero-order valence-corrected chi connectivity index (χ0v) is 12.5. The summed E-state index contributed by atoms with van der Waals surface area (Å²) < 4.78 is 7.55. The van der Waals surface area contributed by atoms with Crippen LogP contribution >= 0.6 is 0 Å². The first-order valence-electron chi connectivity index (χ1n) is 7.10. The van der Waals surface area contributed by atoms with Gasteiger partial charge in [0.15, 0.2) is 0 Å². The fourth-order valence-electron chi connectivity index (χ4n) is 2.52. The summed E-state index contributed by atoms with van der Waals surface area (Å²) >= 11 is 0. The van der Waals surface area contributed by atoms with Gasteiger partial charge in [0, 0.05) is 31.4 Å². The molecule has 2 N–H and O–H groups in total. The van der Waals surface area contributed by atoms with Crippen LogP contribution in [0.1, 0.15) is 36.4 Å². The van der Waals surface area contributed by atoms with Gasteiger partial charge >= 0.3 is 0 Å². The molecule has 5 nitrogen and oxygen atoms in total. The minimum Gasteiger partial charge on any atom is -0.469 e. The van der Waals surface area contributed by atoms with Crippen LogP contribution in [0.2, 0.25) is 0 Å². The van der Waals surface area contributed by atoms with Gasteiger partial charge in [0.1, 0.15) is 5.76 Å². The maximum atomic E-state index is 5.99. The van der Waals surface area contributed by atoms with Crippen LogP contribution in [0.3, 0.4) is 0 Å². The molecule has 1 unspecified atom stereocenters. The van der Waals surface area contributed by atoms with Gasteiger partial charge in [0.25, 0.3) is 0 Å². The molecule has 1 atom stereocenters. The Morgan fingerprint density at radius 1 is 1.50 bits per heavy atom. The highest BCUT2D eigenvalue weighted by atomic mass is 16.3. The van der Waals surface area contributed by atoms with Crippen molar-refractivity contribution in [1.29, 1.82) is 0 Å². The van der Waals surface area contributed by atoms with Crippen LogP contribution in [-0.4, -0.2) is 28.0 Å². The molecule has 20 heavy (non-hydrogen) atoms. The van der Waals surface area contributed by atoms with E-state index in [1.165, 1.54) is 11.3 Å². The van der Waals surface area contributed by atoms with Gasteiger partial charge in [0.05, 0.1) is 24.3 Å². The molecule has 0 aliphatic heterocycles. The van der Waals surface area contributed by atoms with Crippen molar-refractivity contribution in [3.63, 3.8) is 0 Å². The number of nitrogens with zero attached hydrogens (tertiary/aromatic N) is 3. The van der Waals surface area contributed by atoms with Gasteiger partial charge in [-0.25, -0.2) is 4.98 Å². The molecule has 0 saturated heterocycles. The molecule has 2 rings (SSSR count). The first kappa shape index (κ1) is 14.8. The van der Waals surface area contributed by atoms with Crippen molar-refractivity contribution in [3.05, 3.63) is 41.9 Å². The van der Waals surface area contributed by atoms with Gasteiger partial charge in [0.2, 0.25) is 0 Å². The van der Waals surface area contributed by atoms with Crippen molar-refractivity contribution in [2.45, 2.75) is 39.4 Å². The number of imidazole rings is 1. The zero-order chi connectivity index (χ0) is 14.5. The van der Waals surface area contributed by atoms with E-state index in [1.807, 2.05) is 25.5 Å². The minimum atomic E-state index is 0.165. The van der Waals surface area contributed by atoms with Crippen LogP contribution in [-0.2, 0) is 13.1 Å². The Balaban J connectivity index is 2.14. The van der Waals surface area contributed by atoms with Crippen LogP contribution in [0, 0.1) is 6.92 Å². The molecule has 2 aromatic heterocycles. The summed E-state index contributed by atoms with van der Waals surface area (Å²) in [6.07, 6.45) is 6.63. The molecule has 0 radical (unpaired) electrons. The van der Waals surface area contributed by atoms with E-state index >= 15 is 0 Å². The van der Waals surface area contributed by atoms with Crippen molar-refractivity contribution in [1.82, 2.24) is 14.5 Å². The smallest absolute Gasteiger partial charge is 0.105 e. The van der Waals surface area contributed by atoms with E-state index in [1.54, 1.807) is 6.26 Å². The number of aromatic nitrogens is 2. The second kappa shape index (κ2) is 6.72. The van der Waals surface area contributed by atoms with Gasteiger partial charge in [-0.05, 0) is 26.5 Å². The number of hydrogen-bond donors (Lipinski definition) is 1. The Morgan fingerprint density at radius 3 is 2.90 bits per heavy atom. The third-order valence-electron chi connectivity index (χ3n) is 3.69. The lowest BCUT2D eigenvalue weighted by Crippen LogP contribution is -2.31. The summed E-state index contributed by atoms with van der Waals surface area (Å²) in [5, 5.41) is 0. The Labute approximate surface area is 120 Å². The predicted molar refractivity (Wildman–Crippen MR) is 79.2 cm³/mol. The average molecular weight is 276 g/mol. The van der Waals surface area contributed by atoms with Crippen LogP contribution in [0.4, 0.5) is 0 Å². The number of rotatable bonds is 7. The molecule has 0 amide bonds. The van der Waals surface area contributed by atoms with Gasteiger partial charge in [-0.3, -0.25) is 4.90 Å². The van der Waals surface area contributed by atoms with Gasteiger partial charge in [-0.15, -0.1) is 0 Å². The first-order valence-corrected chi connectivity index (χ1v) is 7.10. The van der Waals surface area contributed by atoms with Crippen molar-refractivity contribution >= 4 is 0 Å². The van der Waals surface area contributed by atoms with E-state index in [-0.39, 0.29) is 6.04 Å². The summed E-state index contributed by atoms with van der Waals surface area (Å²) in [7, 11) is 2.09. The molecule has 0 bridgehead atoms. The molecular weight excluding hydrogens is 252 g/mol. The molecule has 0 aliphatic carbocycles. The van der Waals surface area contributed by atoms with Crippen LogP contribution < -0.4 is 5.73 Å². The standard InChI is InChI=1S/C15H24N4O/c1-4-6-19-11-17-9-15(19)14(8-16)18(3)10-13-5-7-20-12(13)2/h5,7,9,11,14H,4,6,8,10,16H2,1-3H3. The summed E-state index contributed by atoms with van der Waals surface area (Å²) in [4.78, 5) is 6.52. The SMILES string of the molecule is CCCn1cncc1C(CN)N(C)Cc1ccoc1C. The van der Waals surface area contributed by atoms with E-state index in [0.717, 1.165) is 25.3 Å². The maximum Gasteiger partial charge on any atom is 0.105 e. The van der Waals surface area contributed by atoms with Crippen molar-refractivity contribution in [3.8, 4) is 0 Å². The average Bonchev–Trinajstić information content (AvgIpc) is 3.02. The predicted octanol–water partition coefficient (Wildman–Crippen LogP) is 2.33. The number of nitrogens with two attached hydrogens (primary N) is 1. The maximum absolute atomic E-state index is 5.99. The summed E-state index contributed by atoms with van der Waals surface area (Å²) in [6, 6.07) is 2.18. The Morgan fingerprint density at radius 2 is 2.30 bits per heavy atom. The van der Waals surface area contributed by atoms with E-state index in [9.17, 15) is 0 Å². The minimum absolute atomic E-state index is 0.165. The third-order valence-corrected chi connectivity index (χ3v) is 3.69. The van der Waals surface area contributed by atoms with E-state index in [0.29, 0.717) is 6.54 Å². The van der Waals surface area contributed by atoms with E-state index in [4.69, 9.17) is 10.2 Å². The van der Waals surface area contributed by atoms with Gasteiger partial charge in [-0.1, -0.05) is 6.92 Å². The number of likely N-dealkylation sites (N-methyl/N-ethyl adjacent to an activating group) is 1. The van der Waals surface area contributed by atoms with Crippen LogP contribution in [0.5, 0.6) is 0 Å². The van der Waals surface area contributed by atoms with Crippen molar-refractivity contribution < 1.29 is 4.42 Å². The molecular formula is C15H24N4O. The Kier molecular flexibility index (Phi) is 4.98. The molecule has 0 saturated carbocycles. The summed E-state index contributed by atoms with van der Waals surface area (Å²) in [6.45, 7) is 6.52. The second-order valence-corrected chi connectivity index (χ2v) is 5.18. The quantitative estimate of drug-likeness (QED) is 0.843. The Hall–Kier alpha value is -1.59. The lowest BCUT2D eigenvalue weighted by atomic mass is 10.1. The third kappa shape index (κ3) is 3.11. The summed E-state index contributed by atoms with van der Waals surface area (Å²) in [5.74, 6) is 0.967. The van der Waals surface area contributed by atoms with Gasteiger partial charge in [-0.2, -0.15) is 0 Å². The first-order chi connectivity index (χ1) is 9.67. The highest BCUT2D eigenvalue weighted by Crippen LogP contribution is 2.22. The topological polar surface area (TPSA) is 60.2 Å². The molecule has 0 spiro atoms. The molecule has 110 valence electrons. The lowest BCUT2D eigenvalue weighted by Gasteiger charge is -2.27. The molecule has 0 aromatic carbocycles. The fourth-order valence-corrected chi connectivity index (χ4v) is 2.52. The number of furan rings is 1. The van der Waals surface area contributed by atoms with Crippen LogP contribution in [0.25, 0.3) is 0 Å². The fraction of sp³-hybridized carbons (Fsp3) is 0.533. The molecule has 0 fully saturated rings. The number of hydrogen-bond acceptors (Lipinski definition) is 4. The summed E-state index contributed by atoms with van der Waals surface area (Å²) in [5.41, 5.74) is 8.37. The Bertz CT molecular complexity index is 531. The highest BCUT2D eigenvalue weighted by molar-refractivity contribution is 5.16. The molecule has 5 heteroatoms. The zero-order valence-electron chi connectivity index (χ0n) is 12.5.